The summed E-state index contributed by atoms with van der Waals surface area (Å²) < 4.78 is 42.8. The van der Waals surface area contributed by atoms with Crippen LogP contribution >= 0.6 is 11.8 Å². The first-order chi connectivity index (χ1) is 22.0. The highest BCUT2D eigenvalue weighted by Crippen LogP contribution is 2.40. The zero-order chi connectivity index (χ0) is 32.4. The van der Waals surface area contributed by atoms with Crippen molar-refractivity contribution in [2.45, 2.75) is 70.7 Å². The van der Waals surface area contributed by atoms with E-state index in [0.29, 0.717) is 29.8 Å². The Morgan fingerprint density at radius 3 is 2.43 bits per heavy atom. The van der Waals surface area contributed by atoms with Crippen LogP contribution in [-0.2, 0) is 4.79 Å². The number of hydrogen-bond acceptors (Lipinski definition) is 6. The van der Waals surface area contributed by atoms with Gasteiger partial charge in [-0.25, -0.2) is 9.67 Å². The maximum Gasteiger partial charge on any atom is 0.573 e. The largest absolute Gasteiger partial charge is 0.573 e. The molecule has 3 atom stereocenters. The fourth-order valence-corrected chi connectivity index (χ4v) is 7.98. The Balaban J connectivity index is 1.03. The van der Waals surface area contributed by atoms with Gasteiger partial charge in [-0.05, 0) is 105 Å². The van der Waals surface area contributed by atoms with Crippen LogP contribution in [0.15, 0.2) is 67.0 Å². The van der Waals surface area contributed by atoms with Crippen LogP contribution in [0, 0.1) is 26.7 Å². The van der Waals surface area contributed by atoms with E-state index in [1.165, 1.54) is 63.2 Å². The van der Waals surface area contributed by atoms with Crippen LogP contribution < -0.4 is 15.0 Å². The molecule has 1 saturated heterocycles. The van der Waals surface area contributed by atoms with Gasteiger partial charge in [0.25, 0.3) is 0 Å². The van der Waals surface area contributed by atoms with E-state index in [9.17, 15) is 18.0 Å². The predicted molar refractivity (Wildman–Crippen MR) is 175 cm³/mol. The molecule has 1 amide bonds. The molecule has 1 N–H and O–H groups in total. The summed E-state index contributed by atoms with van der Waals surface area (Å²) >= 11 is 1.81. The van der Waals surface area contributed by atoms with Gasteiger partial charge in [-0.1, -0.05) is 42.0 Å². The van der Waals surface area contributed by atoms with Gasteiger partial charge in [0.2, 0.25) is 5.91 Å². The number of aryl methyl sites for hydroxylation is 3. The van der Waals surface area contributed by atoms with Crippen molar-refractivity contribution in [3.63, 3.8) is 0 Å². The summed E-state index contributed by atoms with van der Waals surface area (Å²) in [5.74, 6) is 2.13. The molecule has 1 aromatic heterocycles. The zero-order valence-corrected chi connectivity index (χ0v) is 27.0. The van der Waals surface area contributed by atoms with Crippen molar-refractivity contribution >= 4 is 23.4 Å². The third kappa shape index (κ3) is 7.52. The topological polar surface area (TPSA) is 72.3 Å². The molecule has 11 heteroatoms. The molecule has 7 nitrogen and oxygen atoms in total. The van der Waals surface area contributed by atoms with Gasteiger partial charge in [0.1, 0.15) is 17.6 Å². The maximum atomic E-state index is 13.3. The second-order valence-corrected chi connectivity index (χ2v) is 13.5. The number of aromatic nitrogens is 3. The van der Waals surface area contributed by atoms with Crippen LogP contribution in [0.5, 0.6) is 5.75 Å². The number of carbonyl (C=O) groups excluding carboxylic acids is 1. The lowest BCUT2D eigenvalue weighted by Gasteiger charge is -2.39. The van der Waals surface area contributed by atoms with Crippen LogP contribution in [0.25, 0.3) is 17.1 Å². The number of thioether (sulfide) groups is 1. The number of benzene rings is 3. The van der Waals surface area contributed by atoms with Gasteiger partial charge in [0, 0.05) is 24.2 Å². The minimum absolute atomic E-state index is 0.0500. The van der Waals surface area contributed by atoms with Crippen LogP contribution in [0.2, 0.25) is 0 Å². The molecule has 4 aromatic rings. The molecular formula is C35H38F3N5O2S. The number of halogens is 3. The summed E-state index contributed by atoms with van der Waals surface area (Å²) in [6.45, 7) is 7.38. The molecule has 3 aromatic carbocycles. The lowest BCUT2D eigenvalue weighted by molar-refractivity contribution is -0.274. The first kappa shape index (κ1) is 32.0. The fraction of sp³-hybridized carbons (Fsp3) is 0.400. The molecule has 46 heavy (non-hydrogen) atoms. The summed E-state index contributed by atoms with van der Waals surface area (Å²) in [5, 5.41) is 7.86. The number of nitrogens with zero attached hydrogens (tertiary/aromatic N) is 4. The number of amides is 1. The quantitative estimate of drug-likeness (QED) is 0.208. The lowest BCUT2D eigenvalue weighted by Crippen LogP contribution is -2.50. The van der Waals surface area contributed by atoms with Gasteiger partial charge in [-0.15, -0.1) is 30.0 Å². The number of ether oxygens (including phenoxy) is 1. The van der Waals surface area contributed by atoms with E-state index < -0.39 is 6.36 Å². The number of anilines is 1. The average molecular weight is 650 g/mol. The minimum atomic E-state index is -4.74. The monoisotopic (exact) mass is 649 g/mol. The summed E-state index contributed by atoms with van der Waals surface area (Å²) in [5.41, 5.74) is 7.61. The number of carbonyl (C=O) groups is 1. The Labute approximate surface area is 271 Å². The Morgan fingerprint density at radius 2 is 1.74 bits per heavy atom. The van der Waals surface area contributed by atoms with Gasteiger partial charge in [-0.2, -0.15) is 0 Å². The van der Waals surface area contributed by atoms with E-state index in [-0.39, 0.29) is 17.2 Å². The number of hydrogen-bond donors (Lipinski definition) is 1. The van der Waals surface area contributed by atoms with Crippen molar-refractivity contribution in [3.05, 3.63) is 89.2 Å². The molecule has 1 saturated carbocycles. The van der Waals surface area contributed by atoms with Crippen LogP contribution in [0.3, 0.4) is 0 Å². The molecule has 3 unspecified atom stereocenters. The van der Waals surface area contributed by atoms with Crippen molar-refractivity contribution in [3.8, 4) is 22.8 Å². The summed E-state index contributed by atoms with van der Waals surface area (Å²) in [4.78, 5) is 20.0. The van der Waals surface area contributed by atoms with Gasteiger partial charge >= 0.3 is 6.36 Å². The second kappa shape index (κ2) is 13.4. The van der Waals surface area contributed by atoms with Gasteiger partial charge in [0.05, 0.1) is 5.69 Å². The Morgan fingerprint density at radius 1 is 1.02 bits per heavy atom. The molecular weight excluding hydrogens is 611 g/mol. The van der Waals surface area contributed by atoms with E-state index in [1.807, 2.05) is 23.9 Å². The van der Waals surface area contributed by atoms with E-state index >= 15 is 0 Å². The van der Waals surface area contributed by atoms with Crippen LogP contribution in [0.1, 0.15) is 60.3 Å². The Kier molecular flexibility index (Phi) is 9.31. The number of alkyl halides is 3. The van der Waals surface area contributed by atoms with Crippen LogP contribution in [-0.4, -0.2) is 44.8 Å². The van der Waals surface area contributed by atoms with Gasteiger partial charge in [0.15, 0.2) is 5.82 Å². The van der Waals surface area contributed by atoms with Crippen LogP contribution in [0.4, 0.5) is 18.9 Å². The summed E-state index contributed by atoms with van der Waals surface area (Å²) in [6.07, 6.45) is 1.48. The Hall–Kier alpha value is -3.99. The third-order valence-electron chi connectivity index (χ3n) is 8.79. The molecule has 1 aliphatic heterocycles. The second-order valence-electron chi connectivity index (χ2n) is 12.3. The smallest absolute Gasteiger partial charge is 0.406 e. The molecule has 6 rings (SSSR count). The molecule has 1 aliphatic carbocycles. The van der Waals surface area contributed by atoms with Crippen molar-refractivity contribution in [2.75, 3.05) is 17.2 Å². The van der Waals surface area contributed by atoms with E-state index in [0.717, 1.165) is 43.5 Å². The standard InChI is InChI=1S/C35H38F3N5O2S/c1-22-17-23(2)32(24(3)18-22)42-15-4-16-46-34(42)40-31(44)20-25-5-6-28(19-25)26-7-9-27(10-8-26)33-39-21-43(41-33)29-11-13-30(14-12-29)45-35(36,37)38/h7-14,17-18,21,25,28,34H,4-6,15-16,19-20H2,1-3H3,(H,40,44). The molecule has 0 spiro atoms. The number of rotatable bonds is 8. The first-order valence-electron chi connectivity index (χ1n) is 15.7. The van der Waals surface area contributed by atoms with Crippen molar-refractivity contribution in [2.24, 2.45) is 5.92 Å². The van der Waals surface area contributed by atoms with Crippen molar-refractivity contribution in [1.29, 1.82) is 0 Å². The fourth-order valence-electron chi connectivity index (χ4n) is 6.86. The highest BCUT2D eigenvalue weighted by Gasteiger charge is 2.32. The average Bonchev–Trinajstić information content (AvgIpc) is 3.68. The SMILES string of the molecule is Cc1cc(C)c(N2CCCSC2NC(=O)CC2CCC(c3ccc(-c4ncn(-c5ccc(OC(F)(F)F)cc5)n4)cc3)C2)c(C)c1. The van der Waals surface area contributed by atoms with Crippen molar-refractivity contribution < 1.29 is 22.7 Å². The van der Waals surface area contributed by atoms with E-state index in [1.54, 1.807) is 0 Å². The van der Waals surface area contributed by atoms with Crippen molar-refractivity contribution in [1.82, 2.24) is 20.1 Å². The maximum absolute atomic E-state index is 13.3. The summed E-state index contributed by atoms with van der Waals surface area (Å²) in [7, 11) is 0. The molecule has 2 heterocycles. The highest BCUT2D eigenvalue weighted by atomic mass is 32.2. The lowest BCUT2D eigenvalue weighted by atomic mass is 9.94. The molecule has 2 fully saturated rings. The highest BCUT2D eigenvalue weighted by molar-refractivity contribution is 8.00. The zero-order valence-electron chi connectivity index (χ0n) is 26.2. The summed E-state index contributed by atoms with van der Waals surface area (Å²) in [6, 6.07) is 18.1. The number of nitrogens with one attached hydrogen (secondary N) is 1. The molecule has 242 valence electrons. The molecule has 0 bridgehead atoms. The van der Waals surface area contributed by atoms with E-state index in [4.69, 9.17) is 0 Å². The third-order valence-corrected chi connectivity index (χ3v) is 10.0. The molecule has 0 radical (unpaired) electrons. The predicted octanol–water partition coefficient (Wildman–Crippen LogP) is 8.08. The minimum Gasteiger partial charge on any atom is -0.406 e. The Bertz CT molecular complexity index is 1650. The van der Waals surface area contributed by atoms with Gasteiger partial charge < -0.3 is 15.0 Å². The van der Waals surface area contributed by atoms with E-state index in [2.05, 4.69) is 70.1 Å². The molecule has 2 aliphatic rings. The first-order valence-corrected chi connectivity index (χ1v) is 16.7. The normalized spacial score (nSPS) is 20.1. The van der Waals surface area contributed by atoms with Gasteiger partial charge in [-0.3, -0.25) is 4.79 Å².